The van der Waals surface area contributed by atoms with Crippen molar-refractivity contribution in [2.24, 2.45) is 0 Å². The normalized spacial score (nSPS) is 15.5. The SMILES string of the molecule is Cc1ccoc1C(=O)NC[C@H]1Cc2cccc(-c3ccncc3)c2O1. The van der Waals surface area contributed by atoms with E-state index in [1.165, 1.54) is 6.26 Å². The number of para-hydroxylation sites is 1. The van der Waals surface area contributed by atoms with Gasteiger partial charge in [0.25, 0.3) is 5.91 Å². The molecule has 0 unspecified atom stereocenters. The largest absolute Gasteiger partial charge is 0.487 e. The van der Waals surface area contributed by atoms with E-state index in [2.05, 4.69) is 16.4 Å². The third-order valence-corrected chi connectivity index (χ3v) is 4.38. The second-order valence-corrected chi connectivity index (χ2v) is 6.12. The molecule has 1 N–H and O–H groups in total. The fourth-order valence-corrected chi connectivity index (χ4v) is 3.10. The van der Waals surface area contributed by atoms with Crippen LogP contribution < -0.4 is 10.1 Å². The van der Waals surface area contributed by atoms with E-state index in [4.69, 9.17) is 9.15 Å². The Balaban J connectivity index is 1.47. The molecule has 3 aromatic rings. The Kier molecular flexibility index (Phi) is 3.98. The molecule has 2 aromatic heterocycles. The van der Waals surface area contributed by atoms with Gasteiger partial charge in [-0.1, -0.05) is 18.2 Å². The van der Waals surface area contributed by atoms with E-state index in [9.17, 15) is 4.79 Å². The molecule has 0 radical (unpaired) electrons. The van der Waals surface area contributed by atoms with Crippen LogP contribution in [0.4, 0.5) is 0 Å². The lowest BCUT2D eigenvalue weighted by Gasteiger charge is -2.13. The molecule has 1 aliphatic rings. The molecule has 5 heteroatoms. The molecule has 3 heterocycles. The van der Waals surface area contributed by atoms with Gasteiger partial charge in [-0.05, 0) is 36.2 Å². The van der Waals surface area contributed by atoms with Gasteiger partial charge in [0, 0.05) is 29.9 Å². The Morgan fingerprint density at radius 3 is 2.84 bits per heavy atom. The fraction of sp³-hybridized carbons (Fsp3) is 0.200. The summed E-state index contributed by atoms with van der Waals surface area (Å²) < 4.78 is 11.3. The monoisotopic (exact) mass is 334 g/mol. The summed E-state index contributed by atoms with van der Waals surface area (Å²) in [4.78, 5) is 16.2. The minimum Gasteiger partial charge on any atom is -0.487 e. The van der Waals surface area contributed by atoms with Gasteiger partial charge in [-0.2, -0.15) is 0 Å². The zero-order valence-electron chi connectivity index (χ0n) is 13.9. The molecule has 126 valence electrons. The number of rotatable bonds is 4. The van der Waals surface area contributed by atoms with Crippen LogP contribution in [0.1, 0.15) is 21.7 Å². The Bertz CT molecular complexity index is 902. The van der Waals surface area contributed by atoms with Crippen molar-refractivity contribution in [1.29, 1.82) is 0 Å². The first-order valence-corrected chi connectivity index (χ1v) is 8.23. The van der Waals surface area contributed by atoms with Crippen LogP contribution in [0.2, 0.25) is 0 Å². The van der Waals surface area contributed by atoms with E-state index in [-0.39, 0.29) is 12.0 Å². The Hall–Kier alpha value is -3.08. The Morgan fingerprint density at radius 1 is 1.24 bits per heavy atom. The number of hydrogen-bond donors (Lipinski definition) is 1. The average molecular weight is 334 g/mol. The molecule has 1 atom stereocenters. The highest BCUT2D eigenvalue weighted by Gasteiger charge is 2.26. The van der Waals surface area contributed by atoms with Crippen molar-refractivity contribution in [2.45, 2.75) is 19.4 Å². The lowest BCUT2D eigenvalue weighted by molar-refractivity contribution is 0.0905. The number of aromatic nitrogens is 1. The van der Waals surface area contributed by atoms with E-state index in [1.807, 2.05) is 31.2 Å². The molecule has 4 rings (SSSR count). The van der Waals surface area contributed by atoms with E-state index in [1.54, 1.807) is 18.5 Å². The summed E-state index contributed by atoms with van der Waals surface area (Å²) in [6.07, 6.45) is 5.75. The predicted octanol–water partition coefficient (Wildman–Crippen LogP) is 3.38. The lowest BCUT2D eigenvalue weighted by Crippen LogP contribution is -2.34. The van der Waals surface area contributed by atoms with Gasteiger partial charge in [0.15, 0.2) is 5.76 Å². The minimum absolute atomic E-state index is 0.0859. The zero-order valence-corrected chi connectivity index (χ0v) is 13.9. The number of ether oxygens (including phenoxy) is 1. The molecule has 0 fully saturated rings. The number of aryl methyl sites for hydroxylation is 1. The van der Waals surface area contributed by atoms with E-state index in [0.29, 0.717) is 12.3 Å². The molecule has 0 spiro atoms. The lowest BCUT2D eigenvalue weighted by atomic mass is 10.0. The molecule has 0 saturated heterocycles. The first-order chi connectivity index (χ1) is 12.2. The molecular weight excluding hydrogens is 316 g/mol. The van der Waals surface area contributed by atoms with Crippen molar-refractivity contribution < 1.29 is 13.9 Å². The third kappa shape index (κ3) is 3.01. The highest BCUT2D eigenvalue weighted by molar-refractivity contribution is 5.92. The van der Waals surface area contributed by atoms with E-state index < -0.39 is 0 Å². The van der Waals surface area contributed by atoms with E-state index >= 15 is 0 Å². The van der Waals surface area contributed by atoms with Gasteiger partial charge in [0.05, 0.1) is 12.8 Å². The number of amides is 1. The van der Waals surface area contributed by atoms with Crippen molar-refractivity contribution in [2.75, 3.05) is 6.54 Å². The summed E-state index contributed by atoms with van der Waals surface area (Å²) in [6.45, 7) is 2.28. The number of carbonyl (C=O) groups is 1. The number of nitrogens with zero attached hydrogens (tertiary/aromatic N) is 1. The standard InChI is InChI=1S/C20H18N2O3/c1-13-7-10-24-18(13)20(23)22-12-16-11-15-3-2-4-17(19(15)25-16)14-5-8-21-9-6-14/h2-10,16H,11-12H2,1H3,(H,22,23)/t16-/m1/s1. The molecule has 0 bridgehead atoms. The minimum atomic E-state index is -0.212. The van der Waals surface area contributed by atoms with Gasteiger partial charge in [-0.3, -0.25) is 9.78 Å². The molecular formula is C20H18N2O3. The summed E-state index contributed by atoms with van der Waals surface area (Å²) in [5.41, 5.74) is 4.11. The molecule has 1 aromatic carbocycles. The number of benzene rings is 1. The van der Waals surface area contributed by atoms with Crippen molar-refractivity contribution in [3.8, 4) is 16.9 Å². The molecule has 25 heavy (non-hydrogen) atoms. The van der Waals surface area contributed by atoms with Crippen LogP contribution in [0.25, 0.3) is 11.1 Å². The summed E-state index contributed by atoms with van der Waals surface area (Å²) in [5, 5.41) is 2.89. The molecule has 5 nitrogen and oxygen atoms in total. The number of furan rings is 1. The fourth-order valence-electron chi connectivity index (χ4n) is 3.10. The highest BCUT2D eigenvalue weighted by atomic mass is 16.5. The predicted molar refractivity (Wildman–Crippen MR) is 93.6 cm³/mol. The maximum absolute atomic E-state index is 12.2. The first-order valence-electron chi connectivity index (χ1n) is 8.23. The number of hydrogen-bond acceptors (Lipinski definition) is 4. The summed E-state index contributed by atoms with van der Waals surface area (Å²) in [5.74, 6) is 1.03. The molecule has 1 aliphatic heterocycles. The summed E-state index contributed by atoms with van der Waals surface area (Å²) in [6, 6.07) is 11.9. The Labute approximate surface area is 145 Å². The maximum Gasteiger partial charge on any atom is 0.287 e. The van der Waals surface area contributed by atoms with Crippen LogP contribution in [0.15, 0.2) is 59.5 Å². The van der Waals surface area contributed by atoms with Crippen molar-refractivity contribution in [3.63, 3.8) is 0 Å². The summed E-state index contributed by atoms with van der Waals surface area (Å²) in [7, 11) is 0. The van der Waals surface area contributed by atoms with Crippen molar-refractivity contribution >= 4 is 5.91 Å². The zero-order chi connectivity index (χ0) is 17.2. The second-order valence-electron chi connectivity index (χ2n) is 6.12. The number of fused-ring (bicyclic) bond motifs is 1. The van der Waals surface area contributed by atoms with Crippen LogP contribution in [-0.2, 0) is 6.42 Å². The quantitative estimate of drug-likeness (QED) is 0.794. The van der Waals surface area contributed by atoms with Gasteiger partial charge in [0.1, 0.15) is 11.9 Å². The second kappa shape index (κ2) is 6.43. The van der Waals surface area contributed by atoms with Gasteiger partial charge < -0.3 is 14.5 Å². The van der Waals surface area contributed by atoms with Crippen LogP contribution in [-0.4, -0.2) is 23.5 Å². The van der Waals surface area contributed by atoms with Gasteiger partial charge in [-0.25, -0.2) is 0 Å². The number of nitrogens with one attached hydrogen (secondary N) is 1. The maximum atomic E-state index is 12.2. The Morgan fingerprint density at radius 2 is 2.08 bits per heavy atom. The topological polar surface area (TPSA) is 64.4 Å². The van der Waals surface area contributed by atoms with Gasteiger partial charge in [-0.15, -0.1) is 0 Å². The molecule has 0 saturated carbocycles. The van der Waals surface area contributed by atoms with Gasteiger partial charge in [0.2, 0.25) is 0 Å². The van der Waals surface area contributed by atoms with Crippen LogP contribution in [0, 0.1) is 6.92 Å². The molecule has 1 amide bonds. The molecule has 0 aliphatic carbocycles. The number of pyridine rings is 1. The first kappa shape index (κ1) is 15.4. The van der Waals surface area contributed by atoms with Crippen LogP contribution in [0.5, 0.6) is 5.75 Å². The van der Waals surface area contributed by atoms with Crippen molar-refractivity contribution in [3.05, 3.63) is 71.9 Å². The van der Waals surface area contributed by atoms with Crippen LogP contribution >= 0.6 is 0 Å². The van der Waals surface area contributed by atoms with Crippen molar-refractivity contribution in [1.82, 2.24) is 10.3 Å². The summed E-state index contributed by atoms with van der Waals surface area (Å²) >= 11 is 0. The smallest absolute Gasteiger partial charge is 0.287 e. The van der Waals surface area contributed by atoms with E-state index in [0.717, 1.165) is 34.4 Å². The van der Waals surface area contributed by atoms with Crippen LogP contribution in [0.3, 0.4) is 0 Å². The average Bonchev–Trinajstić information content (AvgIpc) is 3.25. The number of carbonyl (C=O) groups excluding carboxylic acids is 1. The third-order valence-electron chi connectivity index (χ3n) is 4.38. The van der Waals surface area contributed by atoms with Gasteiger partial charge >= 0.3 is 0 Å². The highest BCUT2D eigenvalue weighted by Crippen LogP contribution is 2.38.